The van der Waals surface area contributed by atoms with E-state index in [1.165, 1.54) is 13.8 Å². The van der Waals surface area contributed by atoms with Crippen LogP contribution in [-0.4, -0.2) is 284 Å². The van der Waals surface area contributed by atoms with Gasteiger partial charge in [-0.15, -0.1) is 0 Å². The lowest BCUT2D eigenvalue weighted by Gasteiger charge is -2.73. The van der Waals surface area contributed by atoms with Gasteiger partial charge in [0, 0.05) is 11.3 Å². The summed E-state index contributed by atoms with van der Waals surface area (Å²) in [6.07, 6.45) is -41.7. The Kier molecular flexibility index (Phi) is 18.8. The third kappa shape index (κ3) is 11.0. The molecule has 0 amide bonds. The average Bonchev–Trinajstić information content (AvgIpc) is 0.671. The highest BCUT2D eigenvalue weighted by Gasteiger charge is 2.75. The molecule has 0 aromatic carbocycles. The van der Waals surface area contributed by atoms with Crippen molar-refractivity contribution in [2.45, 2.75) is 266 Å². The highest BCUT2D eigenvalue weighted by molar-refractivity contribution is 5.80. The number of carboxylic acid groups (broad SMARTS) is 1. The van der Waals surface area contributed by atoms with E-state index in [1.807, 2.05) is 20.8 Å². The molecule has 5 aliphatic heterocycles. The number of carbonyl (C=O) groups excluding carboxylic acids is 1. The summed E-state index contributed by atoms with van der Waals surface area (Å²) < 4.78 is 58.4. The lowest BCUT2D eigenvalue weighted by Crippen LogP contribution is -2.73. The Morgan fingerprint density at radius 3 is 1.77 bits per heavy atom. The molecule has 5 saturated heterocycles. The zero-order valence-electron chi connectivity index (χ0n) is 50.0. The number of aliphatic hydroxyl groups excluding tert-OH is 16. The minimum absolute atomic E-state index is 0.0235. The molecule has 29 heteroatoms. The topological polar surface area (TPSA) is 470 Å². The van der Waals surface area contributed by atoms with Crippen molar-refractivity contribution in [2.24, 2.45) is 50.2 Å². The first-order chi connectivity index (χ1) is 40.5. The van der Waals surface area contributed by atoms with Crippen LogP contribution < -0.4 is 0 Å². The van der Waals surface area contributed by atoms with Gasteiger partial charge in [0.1, 0.15) is 90.9 Å². The van der Waals surface area contributed by atoms with Gasteiger partial charge in [0.2, 0.25) is 6.29 Å². The molecule has 0 aromatic heterocycles. The SMILES string of the molecule is C[C@@H]1O[C@@H](O[C@@H]2[C@@H](O)[C@H](O[C@@H]3[C@@H](O)[C@@H](O)[C@H](O[C@H]4[C@H](OC(=O)[C@]56CCC(C)(C)C[C@H]5C5=CC[C@@H]7[C@@]8(C)C[C@H](O)[C@H](O[C@@H]9O[C@H](C(=O)O)[C@@H](O)[C@H](O)[C@H]9O)[C@@](C)(CO)[C@@H]8[C@H](O)C[C@@]7(C)[C@]5(C)C[C@H]6O)OC[C@H](O)[C@@H]4O)O[C@H]3C)OC[C@H]2O)[C@H](O)[C@H](O)[C@H]1O. The number of aliphatic hydroxyl groups is 16. The summed E-state index contributed by atoms with van der Waals surface area (Å²) in [7, 11) is 0. The van der Waals surface area contributed by atoms with Gasteiger partial charge in [0.25, 0.3) is 0 Å². The van der Waals surface area contributed by atoms with Gasteiger partial charge in [-0.2, -0.15) is 0 Å². The molecule has 0 unspecified atom stereocenters. The third-order valence-electron chi connectivity index (χ3n) is 22.6. The van der Waals surface area contributed by atoms with Crippen molar-refractivity contribution in [3.63, 3.8) is 0 Å². The van der Waals surface area contributed by atoms with Gasteiger partial charge in [-0.1, -0.05) is 53.2 Å². The van der Waals surface area contributed by atoms with E-state index in [9.17, 15) is 91.6 Å². The number of esters is 1. The van der Waals surface area contributed by atoms with E-state index in [4.69, 9.17) is 47.4 Å². The predicted octanol–water partition coefficient (Wildman–Crippen LogP) is -4.90. The number of hydrogen-bond donors (Lipinski definition) is 17. The Hall–Kier alpha value is -2.32. The Morgan fingerprint density at radius 1 is 0.552 bits per heavy atom. The summed E-state index contributed by atoms with van der Waals surface area (Å²) in [5, 5.41) is 190. The van der Waals surface area contributed by atoms with E-state index < -0.39 is 242 Å². The van der Waals surface area contributed by atoms with E-state index >= 15 is 4.79 Å². The largest absolute Gasteiger partial charge is 0.479 e. The lowest BCUT2D eigenvalue weighted by atomic mass is 9.32. The van der Waals surface area contributed by atoms with Crippen molar-refractivity contribution < 1.29 is 144 Å². The number of fused-ring (bicyclic) bond motifs is 7. The molecular weight excluding hydrogens is 1160 g/mol. The first kappa shape index (κ1) is 67.6. The second-order valence-electron chi connectivity index (χ2n) is 28.5. The second-order valence-corrected chi connectivity index (χ2v) is 28.5. The molecular formula is C58H92O29. The summed E-state index contributed by atoms with van der Waals surface area (Å²) in [6, 6.07) is 0. The van der Waals surface area contributed by atoms with Crippen LogP contribution in [0.25, 0.3) is 0 Å². The van der Waals surface area contributed by atoms with Crippen LogP contribution in [0.15, 0.2) is 11.6 Å². The molecule has 0 spiro atoms. The van der Waals surface area contributed by atoms with E-state index in [0.717, 1.165) is 5.57 Å². The molecule has 10 rings (SSSR count). The van der Waals surface area contributed by atoms with E-state index in [-0.39, 0.29) is 31.6 Å². The smallest absolute Gasteiger partial charge is 0.335 e. The fourth-order valence-corrected chi connectivity index (χ4v) is 17.8. The first-order valence-electron chi connectivity index (χ1n) is 30.3. The van der Waals surface area contributed by atoms with Crippen LogP contribution in [0.2, 0.25) is 0 Å². The van der Waals surface area contributed by atoms with E-state index in [1.54, 1.807) is 6.92 Å². The van der Waals surface area contributed by atoms with E-state index in [2.05, 4.69) is 19.9 Å². The standard InChI is InChI=1S/C58H92O29/c1-20-30(65)32(67)36(71)48(80-20)83-41-27(63)18-78-47(39(41)74)82-40-21(2)81-49(38(73)35(40)70)85-43-31(66)26(62)17-79-51(43)87-52(77)58-12-11-53(3,4)13-23(58)22-9-10-28-54(5)14-25(61)45(86-50-37(72)33(68)34(69)42(84-50)46(75)76)55(6,19-59)44(54)24(60)15-57(28,8)56(22,7)16-29(58)64/h9,20-21,23-45,47-51,59-74H,10-19H2,1-8H3,(H,75,76)/t20-,21-,23-,24+,25-,26-,27+,28+,29+,30-,31-,32+,33-,34-,35-,36+,37+,38+,39+,40-,41-,42-,43+,44+,45-,47-,48-,49-,50-,51-,54+,55-,56+,57+,58+/m0/s1. The van der Waals surface area contributed by atoms with Crippen LogP contribution in [0.4, 0.5) is 0 Å². The van der Waals surface area contributed by atoms with Gasteiger partial charge in [0.15, 0.2) is 37.4 Å². The summed E-state index contributed by atoms with van der Waals surface area (Å²) in [5.41, 5.74) is -5.53. The molecule has 0 radical (unpaired) electrons. The predicted molar refractivity (Wildman–Crippen MR) is 287 cm³/mol. The molecule has 29 nitrogen and oxygen atoms in total. The van der Waals surface area contributed by atoms with Crippen LogP contribution in [0.5, 0.6) is 0 Å². The normalized spacial score (nSPS) is 55.9. The second kappa shape index (κ2) is 24.2. The fourth-order valence-electron chi connectivity index (χ4n) is 17.8. The van der Waals surface area contributed by atoms with Gasteiger partial charge in [-0.05, 0) is 92.3 Å². The monoisotopic (exact) mass is 1250 g/mol. The molecule has 9 fully saturated rings. The summed E-state index contributed by atoms with van der Waals surface area (Å²) >= 11 is 0. The van der Waals surface area contributed by atoms with Crippen molar-refractivity contribution in [3.8, 4) is 0 Å². The van der Waals surface area contributed by atoms with Crippen molar-refractivity contribution in [1.82, 2.24) is 0 Å². The van der Waals surface area contributed by atoms with Crippen LogP contribution in [0.3, 0.4) is 0 Å². The maximum Gasteiger partial charge on any atom is 0.335 e. The number of carbonyl (C=O) groups is 2. The number of hydrogen-bond acceptors (Lipinski definition) is 28. The van der Waals surface area contributed by atoms with Crippen molar-refractivity contribution in [3.05, 3.63) is 11.6 Å². The number of rotatable bonds is 12. The van der Waals surface area contributed by atoms with Crippen LogP contribution in [0, 0.1) is 50.2 Å². The average molecular weight is 1250 g/mol. The Bertz CT molecular complexity index is 2510. The van der Waals surface area contributed by atoms with Gasteiger partial charge in [-0.25, -0.2) is 4.79 Å². The van der Waals surface area contributed by atoms with Crippen molar-refractivity contribution >= 4 is 11.9 Å². The van der Waals surface area contributed by atoms with Crippen LogP contribution in [-0.2, 0) is 57.0 Å². The molecule has 0 bridgehead atoms. The third-order valence-corrected chi connectivity index (χ3v) is 22.6. The van der Waals surface area contributed by atoms with Crippen molar-refractivity contribution in [1.29, 1.82) is 0 Å². The number of allylic oxidation sites excluding steroid dienone is 2. The number of carboxylic acids is 1. The highest BCUT2D eigenvalue weighted by Crippen LogP contribution is 2.76. The molecule has 5 aliphatic carbocycles. The lowest BCUT2D eigenvalue weighted by molar-refractivity contribution is -0.377. The molecule has 5 heterocycles. The zero-order chi connectivity index (χ0) is 63.9. The summed E-state index contributed by atoms with van der Waals surface area (Å²) in [4.78, 5) is 27.4. The minimum atomic E-state index is -2.01. The van der Waals surface area contributed by atoms with Gasteiger partial charge in [0.05, 0.1) is 56.4 Å². The molecule has 17 N–H and O–H groups in total. The Morgan fingerprint density at radius 2 is 1.13 bits per heavy atom. The number of ether oxygens (including phenoxy) is 10. The first-order valence-corrected chi connectivity index (χ1v) is 30.3. The van der Waals surface area contributed by atoms with Crippen molar-refractivity contribution in [2.75, 3.05) is 19.8 Å². The van der Waals surface area contributed by atoms with Crippen LogP contribution >= 0.6 is 0 Å². The molecule has 10 aliphatic rings. The quantitative estimate of drug-likeness (QED) is 0.0495. The molecule has 4 saturated carbocycles. The Labute approximate surface area is 502 Å². The molecule has 498 valence electrons. The maximum atomic E-state index is 15.5. The van der Waals surface area contributed by atoms with E-state index in [0.29, 0.717) is 19.3 Å². The van der Waals surface area contributed by atoms with Crippen LogP contribution in [0.1, 0.15) is 100 Å². The minimum Gasteiger partial charge on any atom is -0.479 e. The molecule has 0 aromatic rings. The zero-order valence-corrected chi connectivity index (χ0v) is 50.0. The summed E-state index contributed by atoms with van der Waals surface area (Å²) in [5.74, 6) is -4.45. The van der Waals surface area contributed by atoms with Gasteiger partial charge < -0.3 is 134 Å². The maximum absolute atomic E-state index is 15.5. The highest BCUT2D eigenvalue weighted by atomic mass is 16.8. The molecule has 87 heavy (non-hydrogen) atoms. The van der Waals surface area contributed by atoms with Gasteiger partial charge in [-0.3, -0.25) is 4.79 Å². The molecule has 35 atom stereocenters. The summed E-state index contributed by atoms with van der Waals surface area (Å²) in [6.45, 7) is 12.8. The number of aliphatic carboxylic acids is 1. The fraction of sp³-hybridized carbons (Fsp3) is 0.931. The van der Waals surface area contributed by atoms with Gasteiger partial charge >= 0.3 is 11.9 Å². The Balaban J connectivity index is 0.866.